The monoisotopic (exact) mass is 256 g/mol. The Kier molecular flexibility index (Phi) is 2.74. The van der Waals surface area contributed by atoms with Gasteiger partial charge in [-0.05, 0) is 19.9 Å². The van der Waals surface area contributed by atoms with Crippen molar-refractivity contribution >= 4 is 27.6 Å². The molecular weight excluding hydrogens is 240 g/mol. The lowest BCUT2D eigenvalue weighted by Crippen LogP contribution is -2.20. The minimum Gasteiger partial charge on any atom is -0.368 e. The average Bonchev–Trinajstić information content (AvgIpc) is 2.84. The number of benzene rings is 1. The number of aromatic amines is 1. The second-order valence-electron chi connectivity index (χ2n) is 4.42. The van der Waals surface area contributed by atoms with E-state index in [4.69, 9.17) is 0 Å². The van der Waals surface area contributed by atoms with E-state index in [2.05, 4.69) is 15.5 Å². The maximum atomic E-state index is 12.6. The number of anilines is 1. The fourth-order valence-electron chi connectivity index (χ4n) is 2.52. The molecule has 0 unspecified atom stereocenters. The van der Waals surface area contributed by atoms with Gasteiger partial charge in [-0.25, -0.2) is 0 Å². The van der Waals surface area contributed by atoms with E-state index in [9.17, 15) is 4.79 Å². The summed E-state index contributed by atoms with van der Waals surface area (Å²) in [5.41, 5.74) is 1.75. The highest BCUT2D eigenvalue weighted by Crippen LogP contribution is 2.24. The lowest BCUT2D eigenvalue weighted by atomic mass is 10.1. The lowest BCUT2D eigenvalue weighted by Gasteiger charge is -2.09. The van der Waals surface area contributed by atoms with Crippen LogP contribution in [0.4, 0.5) is 5.82 Å². The van der Waals surface area contributed by atoms with Crippen molar-refractivity contribution in [1.82, 2.24) is 14.8 Å². The first-order chi connectivity index (χ1) is 9.27. The summed E-state index contributed by atoms with van der Waals surface area (Å²) in [7, 11) is 0. The summed E-state index contributed by atoms with van der Waals surface area (Å²) >= 11 is 0. The molecule has 0 bridgehead atoms. The zero-order chi connectivity index (χ0) is 13.4. The molecule has 1 aromatic carbocycles. The van der Waals surface area contributed by atoms with Gasteiger partial charge in [-0.1, -0.05) is 18.2 Å². The minimum atomic E-state index is 0.000833. The van der Waals surface area contributed by atoms with Crippen molar-refractivity contribution in [3.63, 3.8) is 0 Å². The number of para-hydroxylation sites is 1. The van der Waals surface area contributed by atoms with E-state index < -0.39 is 0 Å². The molecule has 0 amide bonds. The van der Waals surface area contributed by atoms with Gasteiger partial charge in [0.25, 0.3) is 5.56 Å². The summed E-state index contributed by atoms with van der Waals surface area (Å²) in [6, 6.07) is 7.89. The summed E-state index contributed by atoms with van der Waals surface area (Å²) in [6.07, 6.45) is 0. The molecule has 0 saturated carbocycles. The predicted octanol–water partition coefficient (Wildman–Crippen LogP) is 2.33. The lowest BCUT2D eigenvalue weighted by molar-refractivity contribution is 0.767. The fourth-order valence-corrected chi connectivity index (χ4v) is 2.52. The molecule has 0 fully saturated rings. The predicted molar refractivity (Wildman–Crippen MR) is 77.7 cm³/mol. The molecule has 2 aromatic heterocycles. The molecule has 0 radical (unpaired) electrons. The Bertz CT molecular complexity index is 800. The van der Waals surface area contributed by atoms with Crippen LogP contribution in [0.15, 0.2) is 29.1 Å². The largest absolute Gasteiger partial charge is 0.368 e. The van der Waals surface area contributed by atoms with Crippen LogP contribution in [0, 0.1) is 0 Å². The van der Waals surface area contributed by atoms with Gasteiger partial charge in [-0.3, -0.25) is 9.89 Å². The molecule has 5 nitrogen and oxygen atoms in total. The van der Waals surface area contributed by atoms with Crippen molar-refractivity contribution in [2.45, 2.75) is 20.4 Å². The molecule has 0 aliphatic rings. The van der Waals surface area contributed by atoms with Crippen LogP contribution < -0.4 is 10.9 Å². The molecule has 0 spiro atoms. The molecule has 0 saturated heterocycles. The number of pyridine rings is 1. The normalized spacial score (nSPS) is 11.3. The smallest absolute Gasteiger partial charge is 0.264 e. The summed E-state index contributed by atoms with van der Waals surface area (Å²) in [4.78, 5) is 12.6. The Balaban J connectivity index is 2.53. The van der Waals surface area contributed by atoms with E-state index in [0.29, 0.717) is 17.7 Å². The van der Waals surface area contributed by atoms with E-state index in [1.54, 1.807) is 4.57 Å². The third-order valence-corrected chi connectivity index (χ3v) is 3.35. The first-order valence-corrected chi connectivity index (χ1v) is 6.51. The number of hydrogen-bond donors (Lipinski definition) is 2. The van der Waals surface area contributed by atoms with Gasteiger partial charge in [0.1, 0.15) is 5.39 Å². The van der Waals surface area contributed by atoms with Crippen molar-refractivity contribution in [2.24, 2.45) is 0 Å². The molecule has 0 aliphatic heterocycles. The van der Waals surface area contributed by atoms with E-state index in [1.807, 2.05) is 38.1 Å². The number of aryl methyl sites for hydroxylation is 1. The summed E-state index contributed by atoms with van der Waals surface area (Å²) in [5.74, 6) is 0.635. The van der Waals surface area contributed by atoms with Crippen LogP contribution in [0.1, 0.15) is 13.8 Å². The van der Waals surface area contributed by atoms with Gasteiger partial charge in [0.2, 0.25) is 0 Å². The highest BCUT2D eigenvalue weighted by molar-refractivity contribution is 6.06. The third-order valence-electron chi connectivity index (χ3n) is 3.35. The molecule has 2 heterocycles. The van der Waals surface area contributed by atoms with Crippen molar-refractivity contribution in [2.75, 3.05) is 11.9 Å². The number of aromatic nitrogens is 3. The first kappa shape index (κ1) is 11.8. The summed E-state index contributed by atoms with van der Waals surface area (Å²) in [5, 5.41) is 12.0. The van der Waals surface area contributed by atoms with Crippen LogP contribution in [-0.4, -0.2) is 21.3 Å². The Labute approximate surface area is 110 Å². The number of nitrogens with zero attached hydrogens (tertiary/aromatic N) is 2. The van der Waals surface area contributed by atoms with Crippen LogP contribution in [0.5, 0.6) is 0 Å². The Morgan fingerprint density at radius 3 is 2.84 bits per heavy atom. The van der Waals surface area contributed by atoms with Crippen LogP contribution in [0.2, 0.25) is 0 Å². The molecule has 2 N–H and O–H groups in total. The maximum Gasteiger partial charge on any atom is 0.264 e. The molecular formula is C14H16N4O. The molecule has 5 heteroatoms. The Morgan fingerprint density at radius 2 is 2.11 bits per heavy atom. The zero-order valence-corrected chi connectivity index (χ0v) is 11.0. The molecule has 98 valence electrons. The maximum absolute atomic E-state index is 12.6. The Morgan fingerprint density at radius 1 is 1.32 bits per heavy atom. The van der Waals surface area contributed by atoms with Crippen molar-refractivity contribution in [1.29, 1.82) is 0 Å². The molecule has 0 aliphatic carbocycles. The topological polar surface area (TPSA) is 62.7 Å². The van der Waals surface area contributed by atoms with Gasteiger partial charge in [-0.15, -0.1) is 0 Å². The Hall–Kier alpha value is -2.30. The van der Waals surface area contributed by atoms with Crippen molar-refractivity contribution in [3.8, 4) is 0 Å². The minimum absolute atomic E-state index is 0.000833. The number of rotatable bonds is 3. The van der Waals surface area contributed by atoms with Crippen LogP contribution in [-0.2, 0) is 6.54 Å². The molecule has 19 heavy (non-hydrogen) atoms. The first-order valence-electron chi connectivity index (χ1n) is 6.51. The van der Waals surface area contributed by atoms with Gasteiger partial charge in [0.15, 0.2) is 5.82 Å². The fraction of sp³-hybridized carbons (Fsp3) is 0.286. The second-order valence-corrected chi connectivity index (χ2v) is 4.42. The molecule has 3 aromatic rings. The van der Waals surface area contributed by atoms with Gasteiger partial charge in [-0.2, -0.15) is 5.10 Å². The third kappa shape index (κ3) is 1.62. The van der Waals surface area contributed by atoms with E-state index in [0.717, 1.165) is 23.0 Å². The zero-order valence-electron chi connectivity index (χ0n) is 11.0. The van der Waals surface area contributed by atoms with Gasteiger partial charge in [0, 0.05) is 18.5 Å². The van der Waals surface area contributed by atoms with Gasteiger partial charge in [0.05, 0.1) is 11.0 Å². The van der Waals surface area contributed by atoms with Crippen LogP contribution >= 0.6 is 0 Å². The van der Waals surface area contributed by atoms with Gasteiger partial charge < -0.3 is 9.88 Å². The SMILES string of the molecule is CCNc1n[nH]c2c1c(=O)n(CC)c1ccccc21. The van der Waals surface area contributed by atoms with Gasteiger partial charge >= 0.3 is 0 Å². The number of fused-ring (bicyclic) bond motifs is 3. The highest BCUT2D eigenvalue weighted by Gasteiger charge is 2.15. The summed E-state index contributed by atoms with van der Waals surface area (Å²) < 4.78 is 1.79. The second kappa shape index (κ2) is 4.42. The summed E-state index contributed by atoms with van der Waals surface area (Å²) in [6.45, 7) is 5.34. The molecule has 0 atom stereocenters. The average molecular weight is 256 g/mol. The van der Waals surface area contributed by atoms with E-state index in [1.165, 1.54) is 0 Å². The van der Waals surface area contributed by atoms with Crippen LogP contribution in [0.25, 0.3) is 21.8 Å². The van der Waals surface area contributed by atoms with E-state index >= 15 is 0 Å². The van der Waals surface area contributed by atoms with Crippen molar-refractivity contribution < 1.29 is 0 Å². The highest BCUT2D eigenvalue weighted by atomic mass is 16.1. The van der Waals surface area contributed by atoms with E-state index in [-0.39, 0.29) is 5.56 Å². The number of H-pyrrole nitrogens is 1. The van der Waals surface area contributed by atoms with Crippen molar-refractivity contribution in [3.05, 3.63) is 34.6 Å². The number of nitrogens with one attached hydrogen (secondary N) is 2. The van der Waals surface area contributed by atoms with Crippen LogP contribution in [0.3, 0.4) is 0 Å². The standard InChI is InChI=1S/C14H16N4O/c1-3-15-13-11-12(16-17-13)9-7-5-6-8-10(9)18(4-2)14(11)19/h5-8H,3-4H2,1-2H3,(H2,15,16,17). The quantitative estimate of drug-likeness (QED) is 0.756. The number of hydrogen-bond acceptors (Lipinski definition) is 3. The molecule has 3 rings (SSSR count).